The Morgan fingerprint density at radius 1 is 1.10 bits per heavy atom. The maximum Gasteiger partial charge on any atom is 0.166 e. The molecule has 1 aliphatic rings. The van der Waals surface area contributed by atoms with Crippen molar-refractivity contribution in [1.82, 2.24) is 4.90 Å². The number of likely N-dealkylation sites (tertiary alicyclic amines) is 1. The van der Waals surface area contributed by atoms with Crippen molar-refractivity contribution in [2.75, 3.05) is 6.54 Å². The molecule has 156 valence electrons. The quantitative estimate of drug-likeness (QED) is 0.689. The largest absolute Gasteiger partial charge is 0.316 e. The second-order valence-electron chi connectivity index (χ2n) is 9.47. The lowest BCUT2D eigenvalue weighted by Gasteiger charge is -2.42. The van der Waals surface area contributed by atoms with Crippen LogP contribution in [0.4, 0.5) is 0 Å². The fraction of sp³-hybridized carbons (Fsp3) is 0.500. The molecule has 2 aromatic rings. The number of hydrogen-bond donors (Lipinski definition) is 1. The zero-order chi connectivity index (χ0) is 21.0. The minimum atomic E-state index is 0.0571. The van der Waals surface area contributed by atoms with Crippen LogP contribution in [0.1, 0.15) is 68.4 Å². The molecule has 3 rings (SSSR count). The number of Topliss-reactive ketones (excluding diaryl/α,β-unsaturated/α-hetero) is 1. The van der Waals surface area contributed by atoms with Crippen molar-refractivity contribution in [2.45, 2.75) is 71.0 Å². The van der Waals surface area contributed by atoms with E-state index in [-0.39, 0.29) is 23.3 Å². The van der Waals surface area contributed by atoms with E-state index in [0.29, 0.717) is 6.04 Å². The van der Waals surface area contributed by atoms with Crippen molar-refractivity contribution >= 4 is 5.78 Å². The van der Waals surface area contributed by atoms with Gasteiger partial charge in [-0.25, -0.2) is 0 Å². The Kier molecular flexibility index (Phi) is 6.92. The van der Waals surface area contributed by atoms with Crippen LogP contribution in [0.5, 0.6) is 0 Å². The number of carbonyl (C=O) groups excluding carboxylic acids is 1. The summed E-state index contributed by atoms with van der Waals surface area (Å²) in [7, 11) is 0. The number of nitrogens with zero attached hydrogens (tertiary/aromatic N) is 1. The van der Waals surface area contributed by atoms with Gasteiger partial charge in [0.2, 0.25) is 0 Å². The van der Waals surface area contributed by atoms with Crippen LogP contribution in [0.3, 0.4) is 0 Å². The van der Waals surface area contributed by atoms with Crippen molar-refractivity contribution in [3.05, 3.63) is 71.3 Å². The van der Waals surface area contributed by atoms with Crippen LogP contribution < -0.4 is 5.73 Å². The molecule has 3 nitrogen and oxygen atoms in total. The Labute approximate surface area is 176 Å². The summed E-state index contributed by atoms with van der Waals surface area (Å²) in [5.41, 5.74) is 10.1. The molecule has 1 fully saturated rings. The summed E-state index contributed by atoms with van der Waals surface area (Å²) in [6, 6.07) is 19.0. The van der Waals surface area contributed by atoms with Crippen LogP contribution in [0.2, 0.25) is 0 Å². The number of nitrogens with two attached hydrogens (primary N) is 1. The molecule has 2 N–H and O–H groups in total. The topological polar surface area (TPSA) is 46.3 Å². The lowest BCUT2D eigenvalue weighted by atomic mass is 9.82. The van der Waals surface area contributed by atoms with E-state index in [9.17, 15) is 4.79 Å². The maximum atomic E-state index is 13.0. The summed E-state index contributed by atoms with van der Waals surface area (Å²) in [5.74, 6) is 0.361. The Bertz CT molecular complexity index is 792. The molecule has 0 radical (unpaired) electrons. The number of ketones is 1. The van der Waals surface area contributed by atoms with Gasteiger partial charge >= 0.3 is 0 Å². The number of carbonyl (C=O) groups is 1. The zero-order valence-electron chi connectivity index (χ0n) is 18.4. The summed E-state index contributed by atoms with van der Waals surface area (Å²) in [6.45, 7) is 9.75. The predicted octanol–water partition coefficient (Wildman–Crippen LogP) is 5.18. The van der Waals surface area contributed by atoms with E-state index in [4.69, 9.17) is 5.73 Å². The highest BCUT2D eigenvalue weighted by Gasteiger charge is 2.34. The summed E-state index contributed by atoms with van der Waals surface area (Å²) in [5, 5.41) is 0. The first-order valence-corrected chi connectivity index (χ1v) is 11.0. The first kappa shape index (κ1) is 21.7. The van der Waals surface area contributed by atoms with Crippen LogP contribution in [0.15, 0.2) is 54.6 Å². The van der Waals surface area contributed by atoms with Crippen molar-refractivity contribution in [3.8, 4) is 0 Å². The molecule has 1 aliphatic heterocycles. The summed E-state index contributed by atoms with van der Waals surface area (Å²) >= 11 is 0. The average Bonchev–Trinajstić information content (AvgIpc) is 2.73. The summed E-state index contributed by atoms with van der Waals surface area (Å²) in [6.07, 6.45) is 3.69. The van der Waals surface area contributed by atoms with Gasteiger partial charge in [0.15, 0.2) is 5.78 Å². The van der Waals surface area contributed by atoms with Crippen LogP contribution >= 0.6 is 0 Å². The zero-order valence-corrected chi connectivity index (χ0v) is 18.4. The van der Waals surface area contributed by atoms with Crippen molar-refractivity contribution in [1.29, 1.82) is 0 Å². The number of piperidine rings is 1. The molecule has 3 heteroatoms. The lowest BCUT2D eigenvalue weighted by molar-refractivity contribution is 0.0556. The lowest BCUT2D eigenvalue weighted by Crippen LogP contribution is -2.53. The molecule has 3 atom stereocenters. The van der Waals surface area contributed by atoms with Crippen molar-refractivity contribution < 1.29 is 4.79 Å². The number of hydrogen-bond acceptors (Lipinski definition) is 3. The van der Waals surface area contributed by atoms with Gasteiger partial charge < -0.3 is 5.73 Å². The fourth-order valence-corrected chi connectivity index (χ4v) is 4.43. The second kappa shape index (κ2) is 9.23. The van der Waals surface area contributed by atoms with Gasteiger partial charge in [0.1, 0.15) is 0 Å². The normalized spacial score (nSPS) is 21.7. The molecule has 1 heterocycles. The van der Waals surface area contributed by atoms with E-state index in [1.807, 2.05) is 30.3 Å². The average molecular weight is 393 g/mol. The highest BCUT2D eigenvalue weighted by atomic mass is 16.1. The van der Waals surface area contributed by atoms with Crippen LogP contribution in [-0.4, -0.2) is 29.4 Å². The van der Waals surface area contributed by atoms with Gasteiger partial charge in [0.05, 0.1) is 6.17 Å². The fourth-order valence-electron chi connectivity index (χ4n) is 4.43. The predicted molar refractivity (Wildman–Crippen MR) is 121 cm³/mol. The highest BCUT2D eigenvalue weighted by Crippen LogP contribution is 2.30. The Balaban J connectivity index is 1.77. The van der Waals surface area contributed by atoms with Crippen molar-refractivity contribution in [3.63, 3.8) is 0 Å². The van der Waals surface area contributed by atoms with Gasteiger partial charge in [-0.1, -0.05) is 82.3 Å². The van der Waals surface area contributed by atoms with Crippen LogP contribution in [0, 0.1) is 5.92 Å². The maximum absolute atomic E-state index is 13.0. The molecular weight excluding hydrogens is 356 g/mol. The smallest absolute Gasteiger partial charge is 0.166 e. The monoisotopic (exact) mass is 392 g/mol. The summed E-state index contributed by atoms with van der Waals surface area (Å²) in [4.78, 5) is 15.5. The molecule has 0 aliphatic carbocycles. The first-order chi connectivity index (χ1) is 13.8. The third kappa shape index (κ3) is 5.34. The molecule has 3 unspecified atom stereocenters. The Morgan fingerprint density at radius 2 is 1.76 bits per heavy atom. The van der Waals surface area contributed by atoms with Gasteiger partial charge in [-0.15, -0.1) is 0 Å². The van der Waals surface area contributed by atoms with Crippen molar-refractivity contribution in [2.24, 2.45) is 11.7 Å². The first-order valence-electron chi connectivity index (χ1n) is 11.0. The Hall–Kier alpha value is -1.97. The van der Waals surface area contributed by atoms with Gasteiger partial charge in [-0.05, 0) is 42.2 Å². The van der Waals surface area contributed by atoms with E-state index >= 15 is 0 Å². The van der Waals surface area contributed by atoms with E-state index in [0.717, 1.165) is 37.8 Å². The molecule has 2 aromatic carbocycles. The molecule has 0 aromatic heterocycles. The van der Waals surface area contributed by atoms with Gasteiger partial charge in [-0.2, -0.15) is 0 Å². The SMILES string of the molecule is CCC(N)N1CCC(C(=O)c2ccccc2)CC1Cc1ccc(C(C)(C)C)cc1. The molecule has 0 amide bonds. The van der Waals surface area contributed by atoms with Gasteiger partial charge in [0.25, 0.3) is 0 Å². The second-order valence-corrected chi connectivity index (χ2v) is 9.47. The van der Waals surface area contributed by atoms with Crippen LogP contribution in [0.25, 0.3) is 0 Å². The van der Waals surface area contributed by atoms with E-state index in [2.05, 4.69) is 56.9 Å². The van der Waals surface area contributed by atoms with E-state index in [1.165, 1.54) is 11.1 Å². The van der Waals surface area contributed by atoms with Gasteiger partial charge in [0, 0.05) is 24.1 Å². The molecule has 1 saturated heterocycles. The third-order valence-electron chi connectivity index (χ3n) is 6.33. The standard InChI is InChI=1S/C26H36N2O/c1-5-24(27)28-16-15-21(25(29)20-9-7-6-8-10-20)18-23(28)17-19-11-13-22(14-12-19)26(2,3)4/h6-14,21,23-24H,5,15-18,27H2,1-4H3. The molecule has 0 saturated carbocycles. The Morgan fingerprint density at radius 3 is 2.34 bits per heavy atom. The van der Waals surface area contributed by atoms with Crippen LogP contribution in [-0.2, 0) is 11.8 Å². The number of benzene rings is 2. The molecular formula is C26H36N2O. The summed E-state index contributed by atoms with van der Waals surface area (Å²) < 4.78 is 0. The third-order valence-corrected chi connectivity index (χ3v) is 6.33. The molecule has 0 bridgehead atoms. The van der Waals surface area contributed by atoms with Gasteiger partial charge in [-0.3, -0.25) is 9.69 Å². The highest BCUT2D eigenvalue weighted by molar-refractivity contribution is 5.97. The molecule has 0 spiro atoms. The minimum absolute atomic E-state index is 0.0571. The van der Waals surface area contributed by atoms with E-state index in [1.54, 1.807) is 0 Å². The number of rotatable bonds is 6. The minimum Gasteiger partial charge on any atom is -0.316 e. The molecule has 29 heavy (non-hydrogen) atoms. The van der Waals surface area contributed by atoms with E-state index < -0.39 is 0 Å².